The molecule has 4 nitrogen and oxygen atoms in total. The van der Waals surface area contributed by atoms with Gasteiger partial charge in [-0.05, 0) is 27.2 Å². The van der Waals surface area contributed by atoms with Gasteiger partial charge in [0.25, 0.3) is 0 Å². The summed E-state index contributed by atoms with van der Waals surface area (Å²) in [5.74, 6) is -1.66. The fourth-order valence-corrected chi connectivity index (χ4v) is 1.82. The Bertz CT molecular complexity index is 361. The van der Waals surface area contributed by atoms with Crippen LogP contribution < -0.4 is 11.1 Å². The molecular weight excluding hydrogens is 261 g/mol. The molecule has 3 unspecified atom stereocenters. The molecule has 3 atom stereocenters. The second-order valence-electron chi connectivity index (χ2n) is 5.60. The van der Waals surface area contributed by atoms with Gasteiger partial charge in [-0.25, -0.2) is 4.79 Å². The van der Waals surface area contributed by atoms with E-state index in [1.807, 2.05) is 0 Å². The average Bonchev–Trinajstić information content (AvgIpc) is 2.16. The van der Waals surface area contributed by atoms with Crippen molar-refractivity contribution in [3.8, 4) is 0 Å². The van der Waals surface area contributed by atoms with Gasteiger partial charge in [-0.3, -0.25) is 0 Å². The molecule has 0 aromatic heterocycles. The molecule has 0 bridgehead atoms. The van der Waals surface area contributed by atoms with E-state index >= 15 is 0 Å². The normalized spacial score (nSPS) is 28.1. The molecule has 19 heavy (non-hydrogen) atoms. The second-order valence-corrected chi connectivity index (χ2v) is 5.60. The van der Waals surface area contributed by atoms with Crippen LogP contribution in [0.25, 0.3) is 0 Å². The lowest BCUT2D eigenvalue weighted by molar-refractivity contribution is -0.180. The summed E-state index contributed by atoms with van der Waals surface area (Å²) in [7, 11) is 0. The molecule has 0 radical (unpaired) electrons. The minimum Gasteiger partial charge on any atom is -0.444 e. The van der Waals surface area contributed by atoms with E-state index in [0.717, 1.165) is 0 Å². The van der Waals surface area contributed by atoms with Gasteiger partial charge in [0.15, 0.2) is 0 Å². The second kappa shape index (κ2) is 5.40. The lowest BCUT2D eigenvalue weighted by Crippen LogP contribution is -2.48. The zero-order valence-corrected chi connectivity index (χ0v) is 11.1. The summed E-state index contributed by atoms with van der Waals surface area (Å²) >= 11 is 0. The van der Waals surface area contributed by atoms with Gasteiger partial charge >= 0.3 is 12.3 Å². The van der Waals surface area contributed by atoms with Gasteiger partial charge in [0.05, 0.1) is 12.0 Å². The highest BCUT2D eigenvalue weighted by molar-refractivity contribution is 5.68. The zero-order chi connectivity index (χ0) is 14.8. The minimum absolute atomic E-state index is 0.277. The van der Waals surface area contributed by atoms with Gasteiger partial charge in [0.1, 0.15) is 5.60 Å². The lowest BCUT2D eigenvalue weighted by atomic mass is 9.87. The number of alkyl halides is 3. The minimum atomic E-state index is -4.38. The highest BCUT2D eigenvalue weighted by Crippen LogP contribution is 2.34. The number of halogens is 3. The number of alkyl carbamates (subject to hydrolysis) is 1. The molecule has 0 heterocycles. The topological polar surface area (TPSA) is 64.3 Å². The number of carbonyl (C=O) groups excluding carboxylic acids is 1. The molecule has 0 aliphatic heterocycles. The van der Waals surface area contributed by atoms with Crippen molar-refractivity contribution in [2.75, 3.05) is 0 Å². The predicted molar refractivity (Wildman–Crippen MR) is 64.4 cm³/mol. The van der Waals surface area contributed by atoms with Gasteiger partial charge in [-0.1, -0.05) is 12.2 Å². The van der Waals surface area contributed by atoms with Crippen LogP contribution in [0.1, 0.15) is 27.2 Å². The highest BCUT2D eigenvalue weighted by atomic mass is 19.4. The van der Waals surface area contributed by atoms with Crippen LogP contribution in [0, 0.1) is 5.92 Å². The third-order valence-electron chi connectivity index (χ3n) is 2.66. The van der Waals surface area contributed by atoms with E-state index in [1.165, 1.54) is 12.2 Å². The number of carbonyl (C=O) groups is 1. The van der Waals surface area contributed by atoms with E-state index in [1.54, 1.807) is 20.8 Å². The highest BCUT2D eigenvalue weighted by Gasteiger charge is 2.45. The number of amides is 1. The van der Waals surface area contributed by atoms with Crippen molar-refractivity contribution in [3.05, 3.63) is 12.2 Å². The summed E-state index contributed by atoms with van der Waals surface area (Å²) in [5.41, 5.74) is 4.72. The standard InChI is InChI=1S/C12H19F3N2O2/c1-11(2,3)19-10(18)17-7-4-5-9(16)8(6-7)12(13,14)15/h4-5,7-9H,6,16H2,1-3H3,(H,17,18). The average molecular weight is 280 g/mol. The zero-order valence-electron chi connectivity index (χ0n) is 11.1. The fraction of sp³-hybridized carbons (Fsp3) is 0.750. The molecule has 1 aliphatic carbocycles. The lowest BCUT2D eigenvalue weighted by Gasteiger charge is -2.31. The number of ether oxygens (including phenoxy) is 1. The molecule has 0 saturated heterocycles. The maximum absolute atomic E-state index is 12.7. The maximum Gasteiger partial charge on any atom is 0.408 e. The van der Waals surface area contributed by atoms with Gasteiger partial charge in [0.2, 0.25) is 0 Å². The number of nitrogens with one attached hydrogen (secondary N) is 1. The van der Waals surface area contributed by atoms with E-state index in [2.05, 4.69) is 5.32 Å². The summed E-state index contributed by atoms with van der Waals surface area (Å²) in [6.07, 6.45) is -2.66. The van der Waals surface area contributed by atoms with Crippen LogP contribution in [-0.2, 0) is 4.74 Å². The number of nitrogens with two attached hydrogens (primary N) is 1. The molecule has 7 heteroatoms. The Hall–Kier alpha value is -1.24. The van der Waals surface area contributed by atoms with E-state index in [-0.39, 0.29) is 6.42 Å². The largest absolute Gasteiger partial charge is 0.444 e. The first kappa shape index (κ1) is 15.8. The predicted octanol–water partition coefficient (Wildman–Crippen LogP) is 2.35. The van der Waals surface area contributed by atoms with Crippen molar-refractivity contribution < 1.29 is 22.7 Å². The molecule has 1 rings (SSSR count). The number of hydrogen-bond acceptors (Lipinski definition) is 3. The van der Waals surface area contributed by atoms with Gasteiger partial charge in [-0.2, -0.15) is 13.2 Å². The Morgan fingerprint density at radius 3 is 2.37 bits per heavy atom. The number of rotatable bonds is 1. The van der Waals surface area contributed by atoms with Crippen LogP contribution >= 0.6 is 0 Å². The first-order chi connectivity index (χ1) is 8.49. The summed E-state index contributed by atoms with van der Waals surface area (Å²) in [4.78, 5) is 11.5. The summed E-state index contributed by atoms with van der Waals surface area (Å²) < 4.78 is 43.1. The van der Waals surface area contributed by atoms with Crippen molar-refractivity contribution in [1.29, 1.82) is 0 Å². The van der Waals surface area contributed by atoms with Crippen molar-refractivity contribution >= 4 is 6.09 Å². The van der Waals surface area contributed by atoms with Crippen molar-refractivity contribution in [2.24, 2.45) is 11.7 Å². The third-order valence-corrected chi connectivity index (χ3v) is 2.66. The SMILES string of the molecule is CC(C)(C)OC(=O)NC1C=CC(N)C(C(F)(F)F)C1. The Morgan fingerprint density at radius 1 is 1.32 bits per heavy atom. The Labute approximate surface area is 110 Å². The molecule has 110 valence electrons. The Morgan fingerprint density at radius 2 is 1.89 bits per heavy atom. The van der Waals surface area contributed by atoms with Gasteiger partial charge in [-0.15, -0.1) is 0 Å². The first-order valence-electron chi connectivity index (χ1n) is 5.99. The fourth-order valence-electron chi connectivity index (χ4n) is 1.82. The van der Waals surface area contributed by atoms with E-state index < -0.39 is 35.9 Å². The van der Waals surface area contributed by atoms with Crippen molar-refractivity contribution in [3.63, 3.8) is 0 Å². The molecule has 3 N–H and O–H groups in total. The first-order valence-corrected chi connectivity index (χ1v) is 5.99. The van der Waals surface area contributed by atoms with Crippen LogP contribution in [0.2, 0.25) is 0 Å². The van der Waals surface area contributed by atoms with Crippen LogP contribution in [0.3, 0.4) is 0 Å². The molecule has 0 aromatic rings. The van der Waals surface area contributed by atoms with Crippen molar-refractivity contribution in [1.82, 2.24) is 5.32 Å². The summed E-state index contributed by atoms with van der Waals surface area (Å²) in [6, 6.07) is -1.79. The molecule has 0 saturated carbocycles. The Kier molecular flexibility index (Phi) is 4.50. The van der Waals surface area contributed by atoms with E-state index in [9.17, 15) is 18.0 Å². The van der Waals surface area contributed by atoms with Gasteiger partial charge in [0, 0.05) is 6.04 Å². The van der Waals surface area contributed by atoms with Gasteiger partial charge < -0.3 is 15.8 Å². The molecule has 0 fully saturated rings. The van der Waals surface area contributed by atoms with Crippen LogP contribution in [0.15, 0.2) is 12.2 Å². The summed E-state index contributed by atoms with van der Waals surface area (Å²) in [5, 5.41) is 2.39. The molecule has 0 spiro atoms. The summed E-state index contributed by atoms with van der Waals surface area (Å²) in [6.45, 7) is 5.03. The molecule has 1 amide bonds. The smallest absolute Gasteiger partial charge is 0.408 e. The van der Waals surface area contributed by atoms with Crippen LogP contribution in [0.5, 0.6) is 0 Å². The molecule has 0 aromatic carbocycles. The number of hydrogen-bond donors (Lipinski definition) is 2. The van der Waals surface area contributed by atoms with Crippen molar-refractivity contribution in [2.45, 2.75) is 51.1 Å². The third kappa shape index (κ3) is 5.10. The van der Waals surface area contributed by atoms with E-state index in [0.29, 0.717) is 0 Å². The maximum atomic E-state index is 12.7. The van der Waals surface area contributed by atoms with Crippen LogP contribution in [0.4, 0.5) is 18.0 Å². The van der Waals surface area contributed by atoms with E-state index in [4.69, 9.17) is 10.5 Å². The monoisotopic (exact) mass is 280 g/mol. The Balaban J connectivity index is 2.62. The van der Waals surface area contributed by atoms with Crippen LogP contribution in [-0.4, -0.2) is 30.0 Å². The quantitative estimate of drug-likeness (QED) is 0.725. The molecular formula is C12H19F3N2O2. The molecule has 1 aliphatic rings.